The highest BCUT2D eigenvalue weighted by atomic mass is 79.9. The molecule has 0 amide bonds. The summed E-state index contributed by atoms with van der Waals surface area (Å²) in [7, 11) is 0. The Morgan fingerprint density at radius 1 is 0.895 bits per heavy atom. The number of anilines is 1. The quantitative estimate of drug-likeness (QED) is 0.607. The van der Waals surface area contributed by atoms with Gasteiger partial charge in [0.25, 0.3) is 0 Å². The zero-order chi connectivity index (χ0) is 14.0. The van der Waals surface area contributed by atoms with Crippen molar-refractivity contribution in [3.63, 3.8) is 0 Å². The van der Waals surface area contributed by atoms with E-state index in [9.17, 15) is 0 Å². The molecule has 100 valence electrons. The molecule has 0 unspecified atom stereocenters. The van der Waals surface area contributed by atoms with Crippen molar-refractivity contribution in [2.75, 3.05) is 5.32 Å². The van der Waals surface area contributed by atoms with Gasteiger partial charge in [-0.1, -0.05) is 68.4 Å². The minimum absolute atomic E-state index is 0.511. The molecule has 0 aliphatic heterocycles. The van der Waals surface area contributed by atoms with Gasteiger partial charge in [-0.3, -0.25) is 0 Å². The van der Waals surface area contributed by atoms with E-state index >= 15 is 0 Å². The average molecular weight is 400 g/mol. The van der Waals surface area contributed by atoms with Crippen LogP contribution in [0, 0.1) is 0 Å². The number of nitrogens with one attached hydrogen (secondary N) is 1. The molecule has 1 N–H and O–H groups in total. The fraction of sp³-hybridized carbons (Fsp3) is 0.0769. The van der Waals surface area contributed by atoms with Crippen LogP contribution in [0.2, 0.25) is 20.1 Å². The highest BCUT2D eigenvalue weighted by Crippen LogP contribution is 2.34. The van der Waals surface area contributed by atoms with Crippen molar-refractivity contribution in [3.05, 3.63) is 60.5 Å². The van der Waals surface area contributed by atoms with Crippen LogP contribution in [-0.2, 0) is 6.54 Å². The van der Waals surface area contributed by atoms with Crippen molar-refractivity contribution in [3.8, 4) is 0 Å². The lowest BCUT2D eigenvalue weighted by Crippen LogP contribution is -2.01. The van der Waals surface area contributed by atoms with Gasteiger partial charge in [0, 0.05) is 21.1 Å². The SMILES string of the molecule is Clc1ccc(CNc2c(Cl)cc(Br)cc2Cl)c(Cl)c1. The zero-order valence-corrected chi connectivity index (χ0v) is 14.1. The Labute approximate surface area is 139 Å². The second-order valence-corrected chi connectivity index (χ2v) is 6.41. The summed E-state index contributed by atoms with van der Waals surface area (Å²) in [5.41, 5.74) is 1.60. The van der Waals surface area contributed by atoms with Crippen molar-refractivity contribution in [1.29, 1.82) is 0 Å². The molecule has 0 aliphatic rings. The Hall–Kier alpha value is -0.120. The average Bonchev–Trinajstić information content (AvgIpc) is 2.30. The van der Waals surface area contributed by atoms with E-state index in [0.717, 1.165) is 10.0 Å². The van der Waals surface area contributed by atoms with Crippen LogP contribution in [0.15, 0.2) is 34.8 Å². The number of hydrogen-bond donors (Lipinski definition) is 1. The summed E-state index contributed by atoms with van der Waals surface area (Å²) >= 11 is 27.6. The van der Waals surface area contributed by atoms with E-state index in [4.69, 9.17) is 46.4 Å². The standard InChI is InChI=1S/C13H8BrCl4N/c14-8-3-11(17)13(12(18)4-8)19-6-7-1-2-9(15)5-10(7)16/h1-5,19H,6H2. The van der Waals surface area contributed by atoms with Gasteiger partial charge in [0.05, 0.1) is 15.7 Å². The zero-order valence-electron chi connectivity index (χ0n) is 9.48. The smallest absolute Gasteiger partial charge is 0.0722 e. The third kappa shape index (κ3) is 3.93. The number of rotatable bonds is 3. The van der Waals surface area contributed by atoms with Crippen LogP contribution >= 0.6 is 62.3 Å². The number of hydrogen-bond acceptors (Lipinski definition) is 1. The maximum atomic E-state index is 6.14. The molecule has 2 aromatic carbocycles. The first kappa shape index (κ1) is 15.3. The molecule has 2 rings (SSSR count). The lowest BCUT2D eigenvalue weighted by atomic mass is 10.2. The number of benzene rings is 2. The first-order chi connectivity index (χ1) is 8.97. The lowest BCUT2D eigenvalue weighted by Gasteiger charge is -2.12. The molecular weight excluding hydrogens is 392 g/mol. The summed E-state index contributed by atoms with van der Waals surface area (Å²) in [6.45, 7) is 0.511. The molecule has 1 nitrogen and oxygen atoms in total. The summed E-state index contributed by atoms with van der Waals surface area (Å²) in [5.74, 6) is 0. The molecule has 0 aromatic heterocycles. The Bertz CT molecular complexity index is 593. The molecule has 0 saturated carbocycles. The molecule has 0 bridgehead atoms. The summed E-state index contributed by atoms with van der Waals surface area (Å²) in [6.07, 6.45) is 0. The molecule has 0 aliphatic carbocycles. The third-order valence-corrected chi connectivity index (χ3v) is 4.12. The Kier molecular flexibility index (Phi) is 5.27. The van der Waals surface area contributed by atoms with Crippen molar-refractivity contribution in [2.45, 2.75) is 6.54 Å². The van der Waals surface area contributed by atoms with Crippen LogP contribution in [0.5, 0.6) is 0 Å². The van der Waals surface area contributed by atoms with Gasteiger partial charge in [0.15, 0.2) is 0 Å². The van der Waals surface area contributed by atoms with Crippen molar-refractivity contribution < 1.29 is 0 Å². The van der Waals surface area contributed by atoms with Crippen molar-refractivity contribution in [1.82, 2.24) is 0 Å². The molecule has 0 radical (unpaired) electrons. The lowest BCUT2D eigenvalue weighted by molar-refractivity contribution is 1.15. The normalized spacial score (nSPS) is 10.6. The van der Waals surface area contributed by atoms with Gasteiger partial charge >= 0.3 is 0 Å². The molecule has 0 fully saturated rings. The number of halogens is 5. The van der Waals surface area contributed by atoms with Crippen molar-refractivity contribution in [2.24, 2.45) is 0 Å². The minimum Gasteiger partial charge on any atom is -0.378 e. The summed E-state index contributed by atoms with van der Waals surface area (Å²) in [4.78, 5) is 0. The van der Waals surface area contributed by atoms with Gasteiger partial charge in [0.1, 0.15) is 0 Å². The molecule has 0 spiro atoms. The van der Waals surface area contributed by atoms with Crippen molar-refractivity contribution >= 4 is 68.0 Å². The summed E-state index contributed by atoms with van der Waals surface area (Å²) < 4.78 is 0.831. The van der Waals surface area contributed by atoms with E-state index in [0.29, 0.717) is 32.3 Å². The largest absolute Gasteiger partial charge is 0.378 e. The van der Waals surface area contributed by atoms with E-state index in [1.165, 1.54) is 0 Å². The second kappa shape index (κ2) is 6.55. The predicted octanol–water partition coefficient (Wildman–Crippen LogP) is 6.67. The first-order valence-electron chi connectivity index (χ1n) is 5.29. The highest BCUT2D eigenvalue weighted by molar-refractivity contribution is 9.10. The summed E-state index contributed by atoms with van der Waals surface area (Å²) in [5, 5.41) is 5.47. The van der Waals surface area contributed by atoms with Gasteiger partial charge in [-0.25, -0.2) is 0 Å². The molecule has 0 atom stereocenters. The fourth-order valence-corrected chi connectivity index (χ4v) is 3.38. The molecular formula is C13H8BrCl4N. The van der Waals surface area contributed by atoms with Gasteiger partial charge in [-0.05, 0) is 29.8 Å². The van der Waals surface area contributed by atoms with Gasteiger partial charge < -0.3 is 5.32 Å². The second-order valence-electron chi connectivity index (χ2n) is 3.83. The Morgan fingerprint density at radius 2 is 1.53 bits per heavy atom. The molecule has 19 heavy (non-hydrogen) atoms. The minimum atomic E-state index is 0.511. The van der Waals surface area contributed by atoms with Crippen LogP contribution in [0.4, 0.5) is 5.69 Å². The fourth-order valence-electron chi connectivity index (χ4n) is 1.56. The maximum Gasteiger partial charge on any atom is 0.0722 e. The van der Waals surface area contributed by atoms with Crippen LogP contribution < -0.4 is 5.32 Å². The van der Waals surface area contributed by atoms with E-state index in [1.54, 1.807) is 24.3 Å². The topological polar surface area (TPSA) is 12.0 Å². The van der Waals surface area contributed by atoms with E-state index in [2.05, 4.69) is 21.2 Å². The first-order valence-corrected chi connectivity index (χ1v) is 7.60. The van der Waals surface area contributed by atoms with E-state index < -0.39 is 0 Å². The highest BCUT2D eigenvalue weighted by Gasteiger charge is 2.08. The summed E-state index contributed by atoms with van der Waals surface area (Å²) in [6, 6.07) is 8.90. The van der Waals surface area contributed by atoms with Crippen LogP contribution in [-0.4, -0.2) is 0 Å². The monoisotopic (exact) mass is 397 g/mol. The maximum absolute atomic E-state index is 6.14. The molecule has 0 heterocycles. The van der Waals surface area contributed by atoms with Crippen LogP contribution in [0.1, 0.15) is 5.56 Å². The van der Waals surface area contributed by atoms with Crippen LogP contribution in [0.3, 0.4) is 0 Å². The van der Waals surface area contributed by atoms with Gasteiger partial charge in [-0.2, -0.15) is 0 Å². The van der Waals surface area contributed by atoms with Crippen LogP contribution in [0.25, 0.3) is 0 Å². The molecule has 6 heteroatoms. The van der Waals surface area contributed by atoms with E-state index in [-0.39, 0.29) is 0 Å². The van der Waals surface area contributed by atoms with Gasteiger partial charge in [-0.15, -0.1) is 0 Å². The Morgan fingerprint density at radius 3 is 2.11 bits per heavy atom. The predicted molar refractivity (Wildman–Crippen MR) is 88.0 cm³/mol. The van der Waals surface area contributed by atoms with Gasteiger partial charge in [0.2, 0.25) is 0 Å². The molecule has 2 aromatic rings. The molecule has 0 saturated heterocycles. The Balaban J connectivity index is 2.19. The third-order valence-electron chi connectivity index (χ3n) is 2.48. The van der Waals surface area contributed by atoms with E-state index in [1.807, 2.05) is 6.07 Å².